The van der Waals surface area contributed by atoms with Gasteiger partial charge in [-0.15, -0.1) is 0 Å². The third kappa shape index (κ3) is 4.12. The Kier molecular flexibility index (Phi) is 5.31. The molecule has 3 rings (SSSR count). The molecule has 2 unspecified atom stereocenters. The first kappa shape index (κ1) is 16.0. The minimum Gasteiger partial charge on any atom is -0.475 e. The summed E-state index contributed by atoms with van der Waals surface area (Å²) >= 11 is 0. The summed E-state index contributed by atoms with van der Waals surface area (Å²) in [5, 5.41) is 0. The van der Waals surface area contributed by atoms with E-state index in [0.717, 1.165) is 25.3 Å². The zero-order valence-corrected chi connectivity index (χ0v) is 13.9. The van der Waals surface area contributed by atoms with Gasteiger partial charge in [-0.1, -0.05) is 49.4 Å². The lowest BCUT2D eigenvalue weighted by molar-refractivity contribution is 0.0445. The highest BCUT2D eigenvalue weighted by Gasteiger charge is 2.33. The van der Waals surface area contributed by atoms with Crippen molar-refractivity contribution < 1.29 is 9.47 Å². The third-order valence-electron chi connectivity index (χ3n) is 4.47. The lowest BCUT2D eigenvalue weighted by atomic mass is 10.1. The fourth-order valence-electron chi connectivity index (χ4n) is 3.04. The van der Waals surface area contributed by atoms with Gasteiger partial charge in [0.2, 0.25) is 0 Å². The minimum atomic E-state index is 0.101. The fourth-order valence-corrected chi connectivity index (χ4v) is 3.04. The van der Waals surface area contributed by atoms with Gasteiger partial charge < -0.3 is 9.47 Å². The van der Waals surface area contributed by atoms with Crippen LogP contribution in [-0.4, -0.2) is 30.3 Å². The van der Waals surface area contributed by atoms with E-state index >= 15 is 0 Å². The minimum absolute atomic E-state index is 0.101. The Morgan fingerprint density at radius 1 is 1.04 bits per heavy atom. The number of likely N-dealkylation sites (tertiary alicyclic amines) is 1. The number of aryl methyl sites for hydroxylation is 1. The summed E-state index contributed by atoms with van der Waals surface area (Å²) in [7, 11) is 0. The van der Waals surface area contributed by atoms with E-state index in [1.165, 1.54) is 11.1 Å². The number of ether oxygens (including phenoxy) is 2. The Morgan fingerprint density at radius 2 is 1.78 bits per heavy atom. The maximum absolute atomic E-state index is 6.15. The van der Waals surface area contributed by atoms with Gasteiger partial charge in [-0.2, -0.15) is 0 Å². The second-order valence-electron chi connectivity index (χ2n) is 6.07. The largest absolute Gasteiger partial charge is 0.475 e. The van der Waals surface area contributed by atoms with E-state index in [4.69, 9.17) is 9.47 Å². The Bertz CT molecular complexity index is 614. The average Bonchev–Trinajstić information content (AvgIpc) is 2.97. The summed E-state index contributed by atoms with van der Waals surface area (Å²) in [6, 6.07) is 18.4. The quantitative estimate of drug-likeness (QED) is 0.804. The molecule has 23 heavy (non-hydrogen) atoms. The van der Waals surface area contributed by atoms with Crippen molar-refractivity contribution >= 4 is 0 Å². The van der Waals surface area contributed by atoms with E-state index in [1.807, 2.05) is 30.3 Å². The van der Waals surface area contributed by atoms with Gasteiger partial charge in [0.25, 0.3) is 0 Å². The van der Waals surface area contributed by atoms with Crippen molar-refractivity contribution in [2.75, 3.05) is 13.1 Å². The fraction of sp³-hybridized carbons (Fsp3) is 0.400. The monoisotopic (exact) mass is 311 g/mol. The lowest BCUT2D eigenvalue weighted by Gasteiger charge is -2.23. The molecule has 0 N–H and O–H groups in total. The topological polar surface area (TPSA) is 21.7 Å². The summed E-state index contributed by atoms with van der Waals surface area (Å²) in [6.07, 6.45) is 1.24. The highest BCUT2D eigenvalue weighted by molar-refractivity contribution is 5.24. The molecule has 0 saturated carbocycles. The van der Waals surface area contributed by atoms with E-state index in [2.05, 4.69) is 43.0 Å². The van der Waals surface area contributed by atoms with Gasteiger partial charge in [0.15, 0.2) is 6.23 Å². The second kappa shape index (κ2) is 7.62. The molecule has 1 saturated heterocycles. The Balaban J connectivity index is 1.57. The van der Waals surface area contributed by atoms with Crippen molar-refractivity contribution in [1.29, 1.82) is 0 Å². The molecular weight excluding hydrogens is 286 g/mol. The van der Waals surface area contributed by atoms with Crippen molar-refractivity contribution in [3.05, 3.63) is 65.7 Å². The molecule has 1 aliphatic rings. The molecule has 0 radical (unpaired) electrons. The van der Waals surface area contributed by atoms with E-state index in [-0.39, 0.29) is 12.3 Å². The first-order valence-corrected chi connectivity index (χ1v) is 8.38. The van der Waals surface area contributed by atoms with Crippen LogP contribution in [0.3, 0.4) is 0 Å². The Labute approximate surface area is 138 Å². The number of benzene rings is 2. The summed E-state index contributed by atoms with van der Waals surface area (Å²) < 4.78 is 12.3. The lowest BCUT2D eigenvalue weighted by Crippen LogP contribution is -2.33. The predicted octanol–water partition coefficient (Wildman–Crippen LogP) is 4.01. The van der Waals surface area contributed by atoms with Gasteiger partial charge in [-0.25, -0.2) is 0 Å². The molecule has 0 aromatic heterocycles. The van der Waals surface area contributed by atoms with Gasteiger partial charge in [0, 0.05) is 13.0 Å². The van der Waals surface area contributed by atoms with Crippen molar-refractivity contribution in [3.8, 4) is 5.75 Å². The molecule has 3 heteroatoms. The molecule has 0 amide bonds. The summed E-state index contributed by atoms with van der Waals surface area (Å²) in [5.41, 5.74) is 2.55. The molecule has 2 aromatic carbocycles. The molecule has 1 fully saturated rings. The molecule has 1 heterocycles. The molecule has 0 bridgehead atoms. The van der Waals surface area contributed by atoms with Crippen molar-refractivity contribution in [1.82, 2.24) is 4.90 Å². The van der Waals surface area contributed by atoms with Gasteiger partial charge in [0.1, 0.15) is 5.75 Å². The normalized spacial score (nSPS) is 21.5. The second-order valence-corrected chi connectivity index (χ2v) is 6.07. The van der Waals surface area contributed by atoms with Crippen LogP contribution in [0.15, 0.2) is 54.6 Å². The Morgan fingerprint density at radius 3 is 2.52 bits per heavy atom. The van der Waals surface area contributed by atoms with Crippen LogP contribution >= 0.6 is 0 Å². The summed E-state index contributed by atoms with van der Waals surface area (Å²) in [6.45, 7) is 6.88. The maximum atomic E-state index is 6.15. The van der Waals surface area contributed by atoms with Crippen LogP contribution in [0.4, 0.5) is 0 Å². The standard InChI is InChI=1S/C20H25NO2/c1-3-21-14-19(22-15-17-10-8-7-9-16(17)2)13-20(21)23-18-11-5-4-6-12-18/h4-12,19-20H,3,13-15H2,1-2H3. The van der Waals surface area contributed by atoms with E-state index in [1.54, 1.807) is 0 Å². The van der Waals surface area contributed by atoms with Crippen molar-refractivity contribution in [2.24, 2.45) is 0 Å². The molecule has 0 aliphatic carbocycles. The smallest absolute Gasteiger partial charge is 0.155 e. The summed E-state index contributed by atoms with van der Waals surface area (Å²) in [4.78, 5) is 2.34. The van der Waals surface area contributed by atoms with E-state index < -0.39 is 0 Å². The van der Waals surface area contributed by atoms with Crippen molar-refractivity contribution in [2.45, 2.75) is 39.2 Å². The van der Waals surface area contributed by atoms with Gasteiger partial charge in [-0.05, 0) is 36.7 Å². The van der Waals surface area contributed by atoms with Crippen LogP contribution in [0.25, 0.3) is 0 Å². The van der Waals surface area contributed by atoms with Crippen LogP contribution in [0.1, 0.15) is 24.5 Å². The molecular formula is C20H25NO2. The predicted molar refractivity (Wildman–Crippen MR) is 92.5 cm³/mol. The molecule has 122 valence electrons. The van der Waals surface area contributed by atoms with Crippen LogP contribution in [0.5, 0.6) is 5.75 Å². The number of hydrogen-bond donors (Lipinski definition) is 0. The van der Waals surface area contributed by atoms with Crippen molar-refractivity contribution in [3.63, 3.8) is 0 Å². The molecule has 1 aliphatic heterocycles. The highest BCUT2D eigenvalue weighted by atomic mass is 16.5. The number of nitrogens with zero attached hydrogens (tertiary/aromatic N) is 1. The van der Waals surface area contributed by atoms with Gasteiger partial charge in [-0.3, -0.25) is 4.90 Å². The zero-order valence-electron chi connectivity index (χ0n) is 13.9. The van der Waals surface area contributed by atoms with Crippen LogP contribution in [0.2, 0.25) is 0 Å². The number of para-hydroxylation sites is 1. The molecule has 2 atom stereocenters. The maximum Gasteiger partial charge on any atom is 0.155 e. The zero-order chi connectivity index (χ0) is 16.1. The number of rotatable bonds is 6. The molecule has 0 spiro atoms. The SMILES string of the molecule is CCN1CC(OCc2ccccc2C)CC1Oc1ccccc1. The first-order chi connectivity index (χ1) is 11.3. The van der Waals surface area contributed by atoms with Gasteiger partial charge >= 0.3 is 0 Å². The van der Waals surface area contributed by atoms with Crippen LogP contribution in [-0.2, 0) is 11.3 Å². The van der Waals surface area contributed by atoms with Gasteiger partial charge in [0.05, 0.1) is 12.7 Å². The average molecular weight is 311 g/mol. The van der Waals surface area contributed by atoms with Crippen LogP contribution < -0.4 is 4.74 Å². The number of likely N-dealkylation sites (N-methyl/N-ethyl adjacent to an activating group) is 1. The Hall–Kier alpha value is -1.84. The van der Waals surface area contributed by atoms with Crippen LogP contribution in [0, 0.1) is 6.92 Å². The highest BCUT2D eigenvalue weighted by Crippen LogP contribution is 2.24. The first-order valence-electron chi connectivity index (χ1n) is 8.38. The van der Waals surface area contributed by atoms with E-state index in [9.17, 15) is 0 Å². The molecule has 2 aromatic rings. The third-order valence-corrected chi connectivity index (χ3v) is 4.47. The number of hydrogen-bond acceptors (Lipinski definition) is 3. The van der Waals surface area contributed by atoms with E-state index in [0.29, 0.717) is 6.61 Å². The molecule has 3 nitrogen and oxygen atoms in total. The summed E-state index contributed by atoms with van der Waals surface area (Å²) in [5.74, 6) is 0.926.